The molecule has 2 aromatic heterocycles. The second-order valence-electron chi connectivity index (χ2n) is 7.38. The summed E-state index contributed by atoms with van der Waals surface area (Å²) >= 11 is 10.5. The molecular weight excluding hydrogens is 450 g/mol. The molecule has 3 heterocycles. The number of fused-ring (bicyclic) bond motifs is 8. The highest BCUT2D eigenvalue weighted by Gasteiger charge is 2.17. The summed E-state index contributed by atoms with van der Waals surface area (Å²) < 4.78 is 12.6. The van der Waals surface area contributed by atoms with E-state index >= 15 is 0 Å². The van der Waals surface area contributed by atoms with Crippen LogP contribution in [0.4, 0.5) is 23.1 Å². The molecule has 6 bridgehead atoms. The van der Waals surface area contributed by atoms with Crippen molar-refractivity contribution in [3.05, 3.63) is 69.3 Å². The number of hydrogen-bond acceptors (Lipinski definition) is 8. The molecule has 4 aromatic rings. The van der Waals surface area contributed by atoms with Crippen LogP contribution in [-0.4, -0.2) is 26.9 Å². The minimum Gasteiger partial charge on any atom is -0.407 e. The number of nitrogens with one attached hydrogen (secondary N) is 2. The molecule has 0 fully saturated rings. The number of benzene rings is 2. The van der Waals surface area contributed by atoms with Crippen LogP contribution in [0.15, 0.2) is 51.8 Å². The molecule has 1 aliphatic rings. The van der Waals surface area contributed by atoms with Crippen LogP contribution in [0.2, 0.25) is 5.02 Å². The molecule has 164 valence electrons. The fourth-order valence-corrected chi connectivity index (χ4v) is 3.96. The number of rotatable bonds is 4. The summed E-state index contributed by atoms with van der Waals surface area (Å²) in [5, 5.41) is 6.86. The molecule has 32 heavy (non-hydrogen) atoms. The van der Waals surface area contributed by atoms with Gasteiger partial charge in [0.05, 0.1) is 18.3 Å². The zero-order valence-corrected chi connectivity index (χ0v) is 18.6. The van der Waals surface area contributed by atoms with Crippen LogP contribution >= 0.6 is 24.2 Å². The zero-order valence-electron chi connectivity index (χ0n) is 17.0. The monoisotopic (exact) mass is 469 g/mol. The number of halogens is 1. The topological polar surface area (TPSA) is 94.2 Å². The van der Waals surface area contributed by atoms with Crippen molar-refractivity contribution in [1.82, 2.24) is 14.5 Å². The maximum Gasteiger partial charge on any atom is 0.421 e. The lowest BCUT2D eigenvalue weighted by atomic mass is 10.0. The van der Waals surface area contributed by atoms with Gasteiger partial charge in [0.2, 0.25) is 5.95 Å². The standard InChI is InChI=1S/C22H20ClN5O3S/c23-17-11-24-21-26-15-3-1-2-13(8-15)4-5-14-9-16(25-20(17)27-21)10-18-19(14)31-22(29)28(18)12-30-6-7-32/h1-3,8-11,32H,4-7,12H2,(H2,24,25,26,27). The van der Waals surface area contributed by atoms with Crippen LogP contribution < -0.4 is 16.4 Å². The first-order chi connectivity index (χ1) is 15.6. The van der Waals surface area contributed by atoms with E-state index in [1.165, 1.54) is 4.57 Å². The Bertz CT molecular complexity index is 1350. The van der Waals surface area contributed by atoms with E-state index in [2.05, 4.69) is 45.4 Å². The first-order valence-corrected chi connectivity index (χ1v) is 11.1. The Balaban J connectivity index is 1.66. The number of nitrogens with zero attached hydrogens (tertiary/aromatic N) is 3. The van der Waals surface area contributed by atoms with Crippen molar-refractivity contribution >= 4 is 58.5 Å². The van der Waals surface area contributed by atoms with Crippen molar-refractivity contribution in [1.29, 1.82) is 0 Å². The fraction of sp³-hybridized carbons (Fsp3) is 0.227. The van der Waals surface area contributed by atoms with Crippen LogP contribution in [0.3, 0.4) is 0 Å². The molecule has 0 saturated heterocycles. The van der Waals surface area contributed by atoms with Crippen LogP contribution in [0, 0.1) is 0 Å². The minimum absolute atomic E-state index is 0.0830. The molecule has 1 aliphatic heterocycles. The molecule has 0 atom stereocenters. The third-order valence-electron chi connectivity index (χ3n) is 5.18. The SMILES string of the molecule is O=c1oc2c3cc(cc2n1COCCS)Nc1nc(ncc1Cl)Nc1cccc(c1)CC3. The van der Waals surface area contributed by atoms with Crippen LogP contribution in [0.25, 0.3) is 11.1 Å². The van der Waals surface area contributed by atoms with Gasteiger partial charge in [-0.1, -0.05) is 23.7 Å². The van der Waals surface area contributed by atoms with Gasteiger partial charge in [-0.15, -0.1) is 0 Å². The maximum absolute atomic E-state index is 12.6. The second kappa shape index (κ2) is 8.85. The lowest BCUT2D eigenvalue weighted by Gasteiger charge is -2.11. The molecular formula is C22H20ClN5O3S. The number of oxazole rings is 1. The lowest BCUT2D eigenvalue weighted by molar-refractivity contribution is 0.0878. The van der Waals surface area contributed by atoms with E-state index < -0.39 is 5.76 Å². The summed E-state index contributed by atoms with van der Waals surface area (Å²) in [4.78, 5) is 21.4. The Hall–Kier alpha value is -3.01. The van der Waals surface area contributed by atoms with Crippen molar-refractivity contribution < 1.29 is 9.15 Å². The number of thiol groups is 1. The molecule has 0 unspecified atom stereocenters. The first-order valence-electron chi connectivity index (χ1n) is 10.1. The van der Waals surface area contributed by atoms with Crippen LogP contribution in [0.1, 0.15) is 11.1 Å². The number of hydrogen-bond donors (Lipinski definition) is 3. The van der Waals surface area contributed by atoms with Gasteiger partial charge in [0.25, 0.3) is 0 Å². The molecule has 0 amide bonds. The predicted molar refractivity (Wildman–Crippen MR) is 128 cm³/mol. The molecule has 0 radical (unpaired) electrons. The number of aromatic nitrogens is 3. The van der Waals surface area contributed by atoms with Gasteiger partial charge in [-0.2, -0.15) is 17.6 Å². The van der Waals surface area contributed by atoms with Gasteiger partial charge >= 0.3 is 5.76 Å². The first kappa shape index (κ1) is 20.9. The number of anilines is 4. The lowest BCUT2D eigenvalue weighted by Crippen LogP contribution is -2.16. The highest BCUT2D eigenvalue weighted by Crippen LogP contribution is 2.30. The van der Waals surface area contributed by atoms with E-state index in [4.69, 9.17) is 20.8 Å². The summed E-state index contributed by atoms with van der Waals surface area (Å²) in [6.07, 6.45) is 2.98. The average Bonchev–Trinajstić information content (AvgIpc) is 3.10. The zero-order chi connectivity index (χ0) is 22.1. The van der Waals surface area contributed by atoms with Crippen molar-refractivity contribution in [3.63, 3.8) is 0 Å². The molecule has 10 heteroatoms. The molecule has 5 rings (SSSR count). The van der Waals surface area contributed by atoms with E-state index in [1.807, 2.05) is 24.3 Å². The predicted octanol–water partition coefficient (Wildman–Crippen LogP) is 4.53. The third-order valence-corrected chi connectivity index (χ3v) is 5.63. The van der Waals surface area contributed by atoms with E-state index in [1.54, 1.807) is 6.20 Å². The van der Waals surface area contributed by atoms with Gasteiger partial charge < -0.3 is 19.8 Å². The van der Waals surface area contributed by atoms with Crippen molar-refractivity contribution in [2.45, 2.75) is 19.6 Å². The number of aryl methyl sites for hydroxylation is 2. The molecule has 0 aliphatic carbocycles. The summed E-state index contributed by atoms with van der Waals surface area (Å²) in [5.41, 5.74) is 4.83. The Kier molecular flexibility index (Phi) is 5.77. The normalized spacial score (nSPS) is 12.9. The average molecular weight is 470 g/mol. The molecule has 0 saturated carbocycles. The molecule has 2 aromatic carbocycles. The van der Waals surface area contributed by atoms with E-state index in [0.29, 0.717) is 46.7 Å². The van der Waals surface area contributed by atoms with Gasteiger partial charge in [0, 0.05) is 17.1 Å². The van der Waals surface area contributed by atoms with Crippen molar-refractivity contribution in [3.8, 4) is 0 Å². The summed E-state index contributed by atoms with van der Waals surface area (Å²) in [6.45, 7) is 0.509. The molecule has 0 spiro atoms. The van der Waals surface area contributed by atoms with Crippen LogP contribution in [0.5, 0.6) is 0 Å². The minimum atomic E-state index is -0.466. The third kappa shape index (κ3) is 4.19. The second-order valence-corrected chi connectivity index (χ2v) is 8.24. The highest BCUT2D eigenvalue weighted by molar-refractivity contribution is 7.80. The van der Waals surface area contributed by atoms with E-state index in [-0.39, 0.29) is 6.73 Å². The summed E-state index contributed by atoms with van der Waals surface area (Å²) in [7, 11) is 0. The van der Waals surface area contributed by atoms with Crippen molar-refractivity contribution in [2.75, 3.05) is 23.0 Å². The fourth-order valence-electron chi connectivity index (χ4n) is 3.70. The van der Waals surface area contributed by atoms with Gasteiger partial charge in [0.15, 0.2) is 11.4 Å². The van der Waals surface area contributed by atoms with Crippen LogP contribution in [-0.2, 0) is 24.3 Å². The summed E-state index contributed by atoms with van der Waals surface area (Å²) in [5.74, 6) is 0.973. The Morgan fingerprint density at radius 1 is 1.19 bits per heavy atom. The maximum atomic E-state index is 12.6. The van der Waals surface area contributed by atoms with Gasteiger partial charge in [-0.3, -0.25) is 0 Å². The van der Waals surface area contributed by atoms with Gasteiger partial charge in [-0.25, -0.2) is 14.3 Å². The smallest absolute Gasteiger partial charge is 0.407 e. The summed E-state index contributed by atoms with van der Waals surface area (Å²) in [6, 6.07) is 11.8. The van der Waals surface area contributed by atoms with Gasteiger partial charge in [-0.05, 0) is 48.2 Å². The number of ether oxygens (including phenoxy) is 1. The molecule has 2 N–H and O–H groups in total. The Morgan fingerprint density at radius 3 is 2.97 bits per heavy atom. The quantitative estimate of drug-likeness (QED) is 0.298. The van der Waals surface area contributed by atoms with E-state index in [9.17, 15) is 4.79 Å². The Labute approximate surface area is 194 Å². The molecule has 8 nitrogen and oxygen atoms in total. The van der Waals surface area contributed by atoms with Gasteiger partial charge in [0.1, 0.15) is 11.8 Å². The van der Waals surface area contributed by atoms with E-state index in [0.717, 1.165) is 28.9 Å². The highest BCUT2D eigenvalue weighted by atomic mass is 35.5. The largest absolute Gasteiger partial charge is 0.421 e. The van der Waals surface area contributed by atoms with Crippen molar-refractivity contribution in [2.24, 2.45) is 0 Å². The Morgan fingerprint density at radius 2 is 2.09 bits per heavy atom.